The Morgan fingerprint density at radius 1 is 0.920 bits per heavy atom. The van der Waals surface area contributed by atoms with Gasteiger partial charge in [0.1, 0.15) is 5.60 Å². The first-order valence-electron chi connectivity index (χ1n) is 10.3. The third-order valence-electron chi connectivity index (χ3n) is 9.29. The molecule has 1 heterocycles. The highest BCUT2D eigenvalue weighted by atomic mass is 16.6. The monoisotopic (exact) mass is 342 g/mol. The molecule has 5 aliphatic rings. The summed E-state index contributed by atoms with van der Waals surface area (Å²) in [4.78, 5) is 23.8. The number of rotatable bonds is 0. The van der Waals surface area contributed by atoms with Crippen LogP contribution in [0, 0.1) is 28.6 Å². The van der Waals surface area contributed by atoms with E-state index in [9.17, 15) is 9.59 Å². The van der Waals surface area contributed by atoms with Crippen LogP contribution in [0.25, 0.3) is 0 Å². The van der Waals surface area contributed by atoms with Crippen molar-refractivity contribution in [3.63, 3.8) is 0 Å². The molecule has 136 valence electrons. The summed E-state index contributed by atoms with van der Waals surface area (Å²) in [5.41, 5.74) is 1.68. The van der Waals surface area contributed by atoms with E-state index in [0.717, 1.165) is 38.0 Å². The van der Waals surface area contributed by atoms with E-state index in [1.54, 1.807) is 0 Å². The molecule has 0 N–H and O–H groups in total. The van der Waals surface area contributed by atoms with Crippen LogP contribution in [-0.2, 0) is 14.3 Å². The van der Waals surface area contributed by atoms with Crippen LogP contribution in [-0.4, -0.2) is 17.4 Å². The Morgan fingerprint density at radius 3 is 2.48 bits per heavy atom. The SMILES string of the molecule is C[C@]12CCC(=O)C=C1CC[C@H]1[C@H]2CC[C@]2(C)[C@@H]1CC[C@@]21CCC(=O)O1. The molecule has 0 amide bonds. The summed E-state index contributed by atoms with van der Waals surface area (Å²) in [5, 5.41) is 0. The number of hydrogen-bond donors (Lipinski definition) is 0. The van der Waals surface area contributed by atoms with Crippen molar-refractivity contribution < 1.29 is 14.3 Å². The maximum absolute atomic E-state index is 11.9. The molecule has 1 aliphatic heterocycles. The molecule has 0 aromatic rings. The van der Waals surface area contributed by atoms with Gasteiger partial charge in [-0.25, -0.2) is 0 Å². The Bertz CT molecular complexity index is 679. The quantitative estimate of drug-likeness (QED) is 0.605. The van der Waals surface area contributed by atoms with Gasteiger partial charge in [0.2, 0.25) is 0 Å². The van der Waals surface area contributed by atoms with Gasteiger partial charge in [-0.2, -0.15) is 0 Å². The van der Waals surface area contributed by atoms with Crippen LogP contribution in [0.2, 0.25) is 0 Å². The number of carbonyl (C=O) groups excluding carboxylic acids is 2. The smallest absolute Gasteiger partial charge is 0.306 e. The van der Waals surface area contributed by atoms with Crippen molar-refractivity contribution in [2.45, 2.75) is 83.7 Å². The van der Waals surface area contributed by atoms with Gasteiger partial charge in [-0.05, 0) is 80.6 Å². The van der Waals surface area contributed by atoms with Gasteiger partial charge in [0.25, 0.3) is 0 Å². The average Bonchev–Trinajstić information content (AvgIpc) is 3.10. The topological polar surface area (TPSA) is 43.4 Å². The highest BCUT2D eigenvalue weighted by molar-refractivity contribution is 5.91. The molecular weight excluding hydrogens is 312 g/mol. The summed E-state index contributed by atoms with van der Waals surface area (Å²) in [6.45, 7) is 4.86. The fourth-order valence-corrected chi connectivity index (χ4v) is 7.85. The van der Waals surface area contributed by atoms with Crippen LogP contribution in [0.4, 0.5) is 0 Å². The van der Waals surface area contributed by atoms with Gasteiger partial charge in [-0.15, -0.1) is 0 Å². The summed E-state index contributed by atoms with van der Waals surface area (Å²) in [6, 6.07) is 0. The number of hydrogen-bond acceptors (Lipinski definition) is 3. The first-order valence-corrected chi connectivity index (χ1v) is 10.3. The summed E-state index contributed by atoms with van der Waals surface area (Å²) in [6.07, 6.45) is 12.3. The maximum atomic E-state index is 11.9. The molecule has 3 heteroatoms. The highest BCUT2D eigenvalue weighted by Gasteiger charge is 2.66. The lowest BCUT2D eigenvalue weighted by Gasteiger charge is -2.59. The van der Waals surface area contributed by atoms with E-state index in [-0.39, 0.29) is 22.4 Å². The van der Waals surface area contributed by atoms with Crippen LogP contribution in [0.15, 0.2) is 11.6 Å². The molecule has 0 bridgehead atoms. The van der Waals surface area contributed by atoms with Gasteiger partial charge in [-0.1, -0.05) is 19.4 Å². The predicted octanol–water partition coefficient (Wildman–Crippen LogP) is 4.59. The number of ether oxygens (including phenoxy) is 1. The van der Waals surface area contributed by atoms with Gasteiger partial charge in [0, 0.05) is 18.3 Å². The minimum absolute atomic E-state index is 0.0237. The van der Waals surface area contributed by atoms with Crippen molar-refractivity contribution in [3.05, 3.63) is 11.6 Å². The third-order valence-corrected chi connectivity index (χ3v) is 9.29. The van der Waals surface area contributed by atoms with E-state index >= 15 is 0 Å². The molecule has 0 aromatic carbocycles. The Balaban J connectivity index is 1.49. The number of esters is 1. The lowest BCUT2D eigenvalue weighted by Crippen LogP contribution is -2.54. The predicted molar refractivity (Wildman–Crippen MR) is 94.8 cm³/mol. The molecule has 0 unspecified atom stereocenters. The van der Waals surface area contributed by atoms with Crippen LogP contribution >= 0.6 is 0 Å². The van der Waals surface area contributed by atoms with E-state index in [1.165, 1.54) is 31.3 Å². The molecular formula is C22H30O3. The van der Waals surface area contributed by atoms with Crippen molar-refractivity contribution in [3.8, 4) is 0 Å². The second-order valence-electron chi connectivity index (χ2n) is 9.93. The lowest BCUT2D eigenvalue weighted by atomic mass is 9.46. The molecule has 0 aromatic heterocycles. The number of fused-ring (bicyclic) bond motifs is 6. The van der Waals surface area contributed by atoms with Crippen LogP contribution in [0.5, 0.6) is 0 Å². The molecule has 6 atom stereocenters. The molecule has 0 radical (unpaired) electrons. The van der Waals surface area contributed by atoms with E-state index < -0.39 is 0 Å². The molecule has 1 saturated heterocycles. The van der Waals surface area contributed by atoms with E-state index in [1.807, 2.05) is 6.08 Å². The van der Waals surface area contributed by atoms with Gasteiger partial charge in [0.15, 0.2) is 5.78 Å². The first kappa shape index (κ1) is 16.1. The van der Waals surface area contributed by atoms with E-state index in [4.69, 9.17) is 4.74 Å². The lowest BCUT2D eigenvalue weighted by molar-refractivity contribution is -0.168. The van der Waals surface area contributed by atoms with Crippen LogP contribution < -0.4 is 0 Å². The molecule has 1 spiro atoms. The molecule has 4 fully saturated rings. The minimum Gasteiger partial charge on any atom is -0.458 e. The largest absolute Gasteiger partial charge is 0.458 e. The van der Waals surface area contributed by atoms with Crippen molar-refractivity contribution in [1.82, 2.24) is 0 Å². The zero-order valence-electron chi connectivity index (χ0n) is 15.6. The third kappa shape index (κ3) is 1.93. The Hall–Kier alpha value is -1.12. The number of carbonyl (C=O) groups is 2. The van der Waals surface area contributed by atoms with E-state index in [0.29, 0.717) is 24.0 Å². The van der Waals surface area contributed by atoms with Gasteiger partial charge >= 0.3 is 5.97 Å². The molecule has 3 nitrogen and oxygen atoms in total. The average molecular weight is 342 g/mol. The first-order chi connectivity index (χ1) is 11.9. The molecule has 25 heavy (non-hydrogen) atoms. The van der Waals surface area contributed by atoms with Gasteiger partial charge < -0.3 is 4.74 Å². The standard InChI is InChI=1S/C22H30O3/c1-20-9-5-15(23)13-14(20)3-4-16-17(20)6-10-21(2)18(16)7-11-22(21)12-8-19(24)25-22/h13,16-18H,3-12H2,1-2H3/t16-,17+,18+,20-,21+,22+/m0/s1. The van der Waals surface area contributed by atoms with Crippen LogP contribution in [0.3, 0.4) is 0 Å². The molecule has 3 saturated carbocycles. The summed E-state index contributed by atoms with van der Waals surface area (Å²) >= 11 is 0. The Labute approximate surface area is 150 Å². The summed E-state index contributed by atoms with van der Waals surface area (Å²) in [7, 11) is 0. The Kier molecular flexibility index (Phi) is 3.21. The zero-order valence-corrected chi connectivity index (χ0v) is 15.6. The summed E-state index contributed by atoms with van der Waals surface area (Å²) < 4.78 is 6.01. The Morgan fingerprint density at radius 2 is 1.72 bits per heavy atom. The minimum atomic E-state index is -0.167. The van der Waals surface area contributed by atoms with Crippen molar-refractivity contribution in [2.75, 3.05) is 0 Å². The second kappa shape index (κ2) is 4.98. The fourth-order valence-electron chi connectivity index (χ4n) is 7.85. The number of ketones is 1. The number of allylic oxidation sites excluding steroid dienone is 1. The second-order valence-corrected chi connectivity index (χ2v) is 9.93. The van der Waals surface area contributed by atoms with Gasteiger partial charge in [0.05, 0.1) is 0 Å². The zero-order chi connectivity index (χ0) is 17.4. The van der Waals surface area contributed by atoms with Crippen molar-refractivity contribution >= 4 is 11.8 Å². The van der Waals surface area contributed by atoms with Crippen molar-refractivity contribution in [1.29, 1.82) is 0 Å². The highest BCUT2D eigenvalue weighted by Crippen LogP contribution is 2.69. The maximum Gasteiger partial charge on any atom is 0.306 e. The fraction of sp³-hybridized carbons (Fsp3) is 0.818. The molecule has 5 rings (SSSR count). The van der Waals surface area contributed by atoms with Gasteiger partial charge in [-0.3, -0.25) is 9.59 Å². The summed E-state index contributed by atoms with van der Waals surface area (Å²) in [5.74, 6) is 2.51. The normalized spacial score (nSPS) is 51.6. The van der Waals surface area contributed by atoms with Crippen molar-refractivity contribution in [2.24, 2.45) is 28.6 Å². The molecule has 4 aliphatic carbocycles. The van der Waals surface area contributed by atoms with Crippen LogP contribution in [0.1, 0.15) is 78.1 Å². The van der Waals surface area contributed by atoms with E-state index in [2.05, 4.69) is 13.8 Å².